The molecule has 152 valence electrons. The van der Waals surface area contributed by atoms with E-state index in [0.29, 0.717) is 40.8 Å². The predicted molar refractivity (Wildman–Crippen MR) is 118 cm³/mol. The highest BCUT2D eigenvalue weighted by Gasteiger charge is 2.15. The van der Waals surface area contributed by atoms with E-state index in [1.165, 1.54) is 0 Å². The quantitative estimate of drug-likeness (QED) is 0.498. The molecule has 0 radical (unpaired) electrons. The van der Waals surface area contributed by atoms with E-state index in [0.717, 1.165) is 23.1 Å². The fraction of sp³-hybridized carbons (Fsp3) is 0.217. The summed E-state index contributed by atoms with van der Waals surface area (Å²) in [6.07, 6.45) is 1.50. The van der Waals surface area contributed by atoms with Gasteiger partial charge in [-0.2, -0.15) is 0 Å². The molecule has 0 saturated carbocycles. The van der Waals surface area contributed by atoms with Crippen molar-refractivity contribution in [1.82, 2.24) is 19.9 Å². The van der Waals surface area contributed by atoms with E-state index in [1.54, 1.807) is 7.11 Å². The number of rotatable bonds is 6. The number of nitrogens with zero attached hydrogens (tertiary/aromatic N) is 3. The molecule has 0 atom stereocenters. The monoisotopic (exact) mass is 401 g/mol. The van der Waals surface area contributed by atoms with E-state index in [4.69, 9.17) is 9.72 Å². The number of hydrogen-bond acceptors (Lipinski definition) is 6. The zero-order valence-electron chi connectivity index (χ0n) is 17.2. The number of nitrogens with one attached hydrogen (secondary N) is 2. The molecule has 4 rings (SSSR count). The standard InChI is InChI=1S/C23H23N5O2/c1-4-9-17-19(15-10-6-5-7-11-15)25-23(27-21(17)29)28-22-24-14(2)16-12-8-13-18(30-3)20(16)26-22/h5-8,10-13H,4,9H2,1-3H3,(H2,24,25,26,27,28,29). The van der Waals surface area contributed by atoms with Crippen molar-refractivity contribution in [2.75, 3.05) is 12.4 Å². The van der Waals surface area contributed by atoms with Crippen LogP contribution in [0.2, 0.25) is 0 Å². The molecule has 4 aromatic rings. The first-order valence-corrected chi connectivity index (χ1v) is 9.87. The molecule has 0 amide bonds. The fourth-order valence-electron chi connectivity index (χ4n) is 3.48. The second-order valence-electron chi connectivity index (χ2n) is 6.97. The molecule has 0 aliphatic carbocycles. The van der Waals surface area contributed by atoms with Gasteiger partial charge >= 0.3 is 0 Å². The SMILES string of the molecule is CCCc1c(-c2ccccc2)nc(Nc2nc(C)c3cccc(OC)c3n2)[nH]c1=O. The van der Waals surface area contributed by atoms with Crippen molar-refractivity contribution in [1.29, 1.82) is 0 Å². The third kappa shape index (κ3) is 3.74. The van der Waals surface area contributed by atoms with E-state index in [2.05, 4.69) is 20.3 Å². The number of aromatic nitrogens is 4. The molecule has 7 heteroatoms. The lowest BCUT2D eigenvalue weighted by molar-refractivity contribution is 0.419. The van der Waals surface area contributed by atoms with Crippen molar-refractivity contribution >= 4 is 22.8 Å². The molecule has 2 aromatic carbocycles. The number of hydrogen-bond donors (Lipinski definition) is 2. The van der Waals surface area contributed by atoms with Crippen LogP contribution in [0.5, 0.6) is 5.75 Å². The predicted octanol–water partition coefficient (Wildman–Crippen LogP) is 4.39. The van der Waals surface area contributed by atoms with Crippen LogP contribution in [0.1, 0.15) is 24.6 Å². The maximum atomic E-state index is 12.8. The van der Waals surface area contributed by atoms with E-state index in [9.17, 15) is 4.79 Å². The van der Waals surface area contributed by atoms with Crippen molar-refractivity contribution < 1.29 is 4.74 Å². The van der Waals surface area contributed by atoms with Crippen LogP contribution in [0, 0.1) is 6.92 Å². The second-order valence-corrected chi connectivity index (χ2v) is 6.97. The summed E-state index contributed by atoms with van der Waals surface area (Å²) in [7, 11) is 1.61. The van der Waals surface area contributed by atoms with E-state index < -0.39 is 0 Å². The highest BCUT2D eigenvalue weighted by Crippen LogP contribution is 2.27. The topological polar surface area (TPSA) is 92.8 Å². The van der Waals surface area contributed by atoms with Crippen molar-refractivity contribution in [3.05, 3.63) is 70.1 Å². The number of aryl methyl sites for hydroxylation is 1. The first-order chi connectivity index (χ1) is 14.6. The molecule has 0 unspecified atom stereocenters. The number of ether oxygens (including phenoxy) is 1. The number of methoxy groups -OCH3 is 1. The number of fused-ring (bicyclic) bond motifs is 1. The average Bonchev–Trinajstić information content (AvgIpc) is 2.76. The zero-order valence-corrected chi connectivity index (χ0v) is 17.2. The van der Waals surface area contributed by atoms with E-state index in [-0.39, 0.29) is 5.56 Å². The Bertz CT molecular complexity index is 1250. The van der Waals surface area contributed by atoms with Gasteiger partial charge in [0.15, 0.2) is 0 Å². The van der Waals surface area contributed by atoms with Crippen LogP contribution >= 0.6 is 0 Å². The number of anilines is 2. The molecule has 2 aromatic heterocycles. The first-order valence-electron chi connectivity index (χ1n) is 9.87. The lowest BCUT2D eigenvalue weighted by Gasteiger charge is -2.12. The molecule has 0 bridgehead atoms. The third-order valence-corrected chi connectivity index (χ3v) is 4.89. The summed E-state index contributed by atoms with van der Waals surface area (Å²) in [5.74, 6) is 1.30. The lowest BCUT2D eigenvalue weighted by atomic mass is 10.0. The van der Waals surface area contributed by atoms with Gasteiger partial charge in [-0.1, -0.05) is 55.8 Å². The Morgan fingerprint density at radius 2 is 1.83 bits per heavy atom. The normalized spacial score (nSPS) is 10.9. The minimum Gasteiger partial charge on any atom is -0.494 e. The fourth-order valence-corrected chi connectivity index (χ4v) is 3.48. The molecule has 0 spiro atoms. The van der Waals surface area contributed by atoms with Crippen molar-refractivity contribution in [2.45, 2.75) is 26.7 Å². The maximum absolute atomic E-state index is 12.8. The summed E-state index contributed by atoms with van der Waals surface area (Å²) in [6.45, 7) is 3.95. The van der Waals surface area contributed by atoms with Crippen LogP contribution in [-0.4, -0.2) is 27.0 Å². The summed E-state index contributed by atoms with van der Waals surface area (Å²) in [5.41, 5.74) is 3.57. The summed E-state index contributed by atoms with van der Waals surface area (Å²) >= 11 is 0. The number of para-hydroxylation sites is 1. The molecule has 2 heterocycles. The molecule has 0 saturated heterocycles. The van der Waals surface area contributed by atoms with Crippen LogP contribution in [0.25, 0.3) is 22.2 Å². The van der Waals surface area contributed by atoms with Gasteiger partial charge in [0.25, 0.3) is 5.56 Å². The molecule has 30 heavy (non-hydrogen) atoms. The van der Waals surface area contributed by atoms with Gasteiger partial charge in [-0.05, 0) is 19.4 Å². The van der Waals surface area contributed by atoms with Gasteiger partial charge in [-0.25, -0.2) is 15.0 Å². The van der Waals surface area contributed by atoms with Gasteiger partial charge in [0.1, 0.15) is 11.3 Å². The summed E-state index contributed by atoms with van der Waals surface area (Å²) in [4.78, 5) is 29.4. The van der Waals surface area contributed by atoms with Crippen LogP contribution < -0.4 is 15.6 Å². The molecule has 2 N–H and O–H groups in total. The Balaban J connectivity index is 1.80. The summed E-state index contributed by atoms with van der Waals surface area (Å²) in [6, 6.07) is 15.4. The molecular weight excluding hydrogens is 378 g/mol. The molecule has 0 aliphatic heterocycles. The lowest BCUT2D eigenvalue weighted by Crippen LogP contribution is -2.18. The van der Waals surface area contributed by atoms with Crippen molar-refractivity contribution in [3.63, 3.8) is 0 Å². The molecule has 0 fully saturated rings. The van der Waals surface area contributed by atoms with Crippen LogP contribution in [0.15, 0.2) is 53.3 Å². The summed E-state index contributed by atoms with van der Waals surface area (Å²) < 4.78 is 5.43. The van der Waals surface area contributed by atoms with Crippen LogP contribution in [0.3, 0.4) is 0 Å². The van der Waals surface area contributed by atoms with Gasteiger partial charge in [0, 0.05) is 16.5 Å². The minimum atomic E-state index is -0.164. The van der Waals surface area contributed by atoms with Gasteiger partial charge < -0.3 is 4.74 Å². The Kier molecular flexibility index (Phi) is 5.43. The highest BCUT2D eigenvalue weighted by molar-refractivity contribution is 5.87. The maximum Gasteiger partial charge on any atom is 0.256 e. The molecule has 0 aliphatic rings. The van der Waals surface area contributed by atoms with E-state index in [1.807, 2.05) is 62.4 Å². The zero-order chi connectivity index (χ0) is 21.1. The molecular formula is C23H23N5O2. The van der Waals surface area contributed by atoms with Crippen molar-refractivity contribution in [3.8, 4) is 17.0 Å². The minimum absolute atomic E-state index is 0.164. The van der Waals surface area contributed by atoms with Crippen LogP contribution in [0.4, 0.5) is 11.9 Å². The number of benzene rings is 2. The Morgan fingerprint density at radius 3 is 2.57 bits per heavy atom. The molecule has 7 nitrogen and oxygen atoms in total. The third-order valence-electron chi connectivity index (χ3n) is 4.89. The van der Waals surface area contributed by atoms with Gasteiger partial charge in [0.05, 0.1) is 18.5 Å². The second kappa shape index (κ2) is 8.32. The highest BCUT2D eigenvalue weighted by atomic mass is 16.5. The Morgan fingerprint density at radius 1 is 1.03 bits per heavy atom. The van der Waals surface area contributed by atoms with Gasteiger partial charge in [-0.3, -0.25) is 15.1 Å². The average molecular weight is 401 g/mol. The first kappa shape index (κ1) is 19.6. The van der Waals surface area contributed by atoms with Gasteiger partial charge in [-0.15, -0.1) is 0 Å². The Hall–Kier alpha value is -3.74. The van der Waals surface area contributed by atoms with Crippen LogP contribution in [-0.2, 0) is 6.42 Å². The smallest absolute Gasteiger partial charge is 0.256 e. The Labute approximate surface area is 174 Å². The van der Waals surface area contributed by atoms with Gasteiger partial charge in [0.2, 0.25) is 11.9 Å². The summed E-state index contributed by atoms with van der Waals surface area (Å²) in [5, 5.41) is 3.97. The van der Waals surface area contributed by atoms with Crippen molar-refractivity contribution in [2.24, 2.45) is 0 Å². The largest absolute Gasteiger partial charge is 0.494 e. The van der Waals surface area contributed by atoms with E-state index >= 15 is 0 Å². The number of aromatic amines is 1. The number of H-pyrrole nitrogens is 1.